The van der Waals surface area contributed by atoms with E-state index in [1.807, 2.05) is 26.0 Å². The number of hydrogen-bond donors (Lipinski definition) is 0. The van der Waals surface area contributed by atoms with E-state index in [4.69, 9.17) is 14.5 Å². The second-order valence-corrected chi connectivity index (χ2v) is 9.27. The molecule has 7 nitrogen and oxygen atoms in total. The lowest BCUT2D eigenvalue weighted by Gasteiger charge is -2.15. The molecule has 1 aromatic heterocycles. The van der Waals surface area contributed by atoms with E-state index in [1.165, 1.54) is 4.68 Å². The van der Waals surface area contributed by atoms with Crippen molar-refractivity contribution in [1.29, 1.82) is 0 Å². The highest BCUT2D eigenvalue weighted by Crippen LogP contribution is 2.27. The van der Waals surface area contributed by atoms with Gasteiger partial charge < -0.3 is 9.47 Å². The van der Waals surface area contributed by atoms with E-state index < -0.39 is 12.1 Å². The van der Waals surface area contributed by atoms with Crippen molar-refractivity contribution < 1.29 is 14.3 Å². The topological polar surface area (TPSA) is 82.8 Å². The molecule has 0 unspecified atom stereocenters. The van der Waals surface area contributed by atoms with Crippen molar-refractivity contribution in [3.8, 4) is 5.75 Å². The normalized spacial score (nSPS) is 13.3. The van der Waals surface area contributed by atoms with Crippen LogP contribution in [0.2, 0.25) is 0 Å². The number of nitrogens with zero attached hydrogens (tertiary/aromatic N) is 3. The molecule has 2 atom stereocenters. The first-order valence-corrected chi connectivity index (χ1v) is 12.2. The van der Waals surface area contributed by atoms with Gasteiger partial charge in [-0.25, -0.2) is 9.78 Å². The Labute approximate surface area is 209 Å². The molecule has 0 bridgehead atoms. The Morgan fingerprint density at radius 1 is 1.18 bits per heavy atom. The number of rotatable bonds is 8. The van der Waals surface area contributed by atoms with Crippen molar-refractivity contribution in [3.05, 3.63) is 67.1 Å². The van der Waals surface area contributed by atoms with Gasteiger partial charge in [0.25, 0.3) is 5.56 Å². The Bertz CT molecular complexity index is 1260. The van der Waals surface area contributed by atoms with E-state index in [0.29, 0.717) is 33.6 Å². The molecule has 0 amide bonds. The molecule has 0 aliphatic carbocycles. The lowest BCUT2D eigenvalue weighted by atomic mass is 10.1. The zero-order valence-corrected chi connectivity index (χ0v) is 22.0. The SMILES string of the molecule is CCOC(=O)[C@H](C)Oc1ccc(C=Nn2c([C@H](C)CC)nc3ccc(Br)cc3c2=O)cc1Br. The Morgan fingerprint density at radius 3 is 2.61 bits per heavy atom. The van der Waals surface area contributed by atoms with Crippen molar-refractivity contribution in [2.75, 3.05) is 6.61 Å². The van der Waals surface area contributed by atoms with Gasteiger partial charge in [0, 0.05) is 10.4 Å². The standard InChI is InChI=1S/C24H25Br2N3O4/c1-5-14(3)22-28-20-9-8-17(25)12-18(20)23(30)29(22)27-13-16-7-10-21(19(26)11-16)33-15(4)24(31)32-6-2/h7-15H,5-6H2,1-4H3/t14-,15+/m1/s1. The first-order valence-electron chi connectivity index (χ1n) is 10.6. The van der Waals surface area contributed by atoms with Crippen LogP contribution < -0.4 is 10.3 Å². The van der Waals surface area contributed by atoms with Gasteiger partial charge in [0.05, 0.1) is 28.2 Å². The Morgan fingerprint density at radius 2 is 1.94 bits per heavy atom. The number of ether oxygens (including phenoxy) is 2. The molecule has 0 radical (unpaired) electrons. The minimum Gasteiger partial charge on any atom is -0.478 e. The molecular formula is C24H25Br2N3O4. The van der Waals surface area contributed by atoms with Gasteiger partial charge in [-0.15, -0.1) is 0 Å². The summed E-state index contributed by atoms with van der Waals surface area (Å²) in [6.07, 6.45) is 1.68. The van der Waals surface area contributed by atoms with Crippen molar-refractivity contribution in [2.45, 2.75) is 46.1 Å². The number of carbonyl (C=O) groups is 1. The molecule has 33 heavy (non-hydrogen) atoms. The highest BCUT2D eigenvalue weighted by molar-refractivity contribution is 9.10. The van der Waals surface area contributed by atoms with E-state index in [9.17, 15) is 9.59 Å². The van der Waals surface area contributed by atoms with Gasteiger partial charge in [0.15, 0.2) is 6.10 Å². The predicted molar refractivity (Wildman–Crippen MR) is 136 cm³/mol. The summed E-state index contributed by atoms with van der Waals surface area (Å²) in [5, 5.41) is 4.97. The molecule has 0 aliphatic heterocycles. The monoisotopic (exact) mass is 577 g/mol. The van der Waals surface area contributed by atoms with Crippen LogP contribution in [0.1, 0.15) is 51.4 Å². The van der Waals surface area contributed by atoms with Crippen LogP contribution >= 0.6 is 31.9 Å². The van der Waals surface area contributed by atoms with E-state index in [1.54, 1.807) is 44.3 Å². The maximum absolute atomic E-state index is 13.2. The molecule has 174 valence electrons. The molecule has 3 aromatic rings. The minimum atomic E-state index is -0.736. The van der Waals surface area contributed by atoms with E-state index in [2.05, 4.69) is 37.0 Å². The van der Waals surface area contributed by atoms with Gasteiger partial charge >= 0.3 is 5.97 Å². The van der Waals surface area contributed by atoms with Crippen molar-refractivity contribution in [2.24, 2.45) is 5.10 Å². The smallest absolute Gasteiger partial charge is 0.347 e. The highest BCUT2D eigenvalue weighted by atomic mass is 79.9. The fourth-order valence-electron chi connectivity index (χ4n) is 3.09. The second kappa shape index (κ2) is 11.1. The van der Waals surface area contributed by atoms with Crippen molar-refractivity contribution >= 4 is 54.9 Å². The fraction of sp³-hybridized carbons (Fsp3) is 0.333. The van der Waals surface area contributed by atoms with Crippen LogP contribution in [0.4, 0.5) is 0 Å². The molecule has 2 aromatic carbocycles. The molecule has 0 spiro atoms. The molecule has 9 heteroatoms. The van der Waals surface area contributed by atoms with Gasteiger partial charge in [0.1, 0.15) is 11.6 Å². The Kier molecular flexibility index (Phi) is 8.42. The van der Waals surface area contributed by atoms with Crippen LogP contribution in [0, 0.1) is 0 Å². The van der Waals surface area contributed by atoms with Crippen LogP contribution in [0.25, 0.3) is 10.9 Å². The van der Waals surface area contributed by atoms with Crippen molar-refractivity contribution in [3.63, 3.8) is 0 Å². The third kappa shape index (κ3) is 5.89. The summed E-state index contributed by atoms with van der Waals surface area (Å²) in [4.78, 5) is 29.7. The lowest BCUT2D eigenvalue weighted by molar-refractivity contribution is -0.150. The quantitative estimate of drug-likeness (QED) is 0.255. The van der Waals surface area contributed by atoms with Crippen LogP contribution in [-0.4, -0.2) is 34.6 Å². The number of aromatic nitrogens is 2. The molecule has 0 saturated heterocycles. The van der Waals surface area contributed by atoms with Gasteiger partial charge in [0.2, 0.25) is 0 Å². The average molecular weight is 579 g/mol. The van der Waals surface area contributed by atoms with Crippen LogP contribution in [0.5, 0.6) is 5.75 Å². The second-order valence-electron chi connectivity index (χ2n) is 7.50. The van der Waals surface area contributed by atoms with E-state index >= 15 is 0 Å². The van der Waals surface area contributed by atoms with Gasteiger partial charge in [-0.3, -0.25) is 4.79 Å². The summed E-state index contributed by atoms with van der Waals surface area (Å²) in [5.41, 5.74) is 1.16. The minimum absolute atomic E-state index is 0.0507. The first kappa shape index (κ1) is 25.1. The zero-order chi connectivity index (χ0) is 24.1. The average Bonchev–Trinajstić information content (AvgIpc) is 2.79. The number of hydrogen-bond acceptors (Lipinski definition) is 6. The number of benzene rings is 2. The van der Waals surface area contributed by atoms with Crippen molar-refractivity contribution in [1.82, 2.24) is 9.66 Å². The van der Waals surface area contributed by atoms with E-state index in [-0.39, 0.29) is 11.5 Å². The van der Waals surface area contributed by atoms with E-state index in [0.717, 1.165) is 16.5 Å². The summed E-state index contributed by atoms with van der Waals surface area (Å²) in [5.74, 6) is 0.732. The molecule has 0 N–H and O–H groups in total. The first-order chi connectivity index (χ1) is 15.7. The number of halogens is 2. The maximum atomic E-state index is 13.2. The largest absolute Gasteiger partial charge is 0.478 e. The zero-order valence-electron chi connectivity index (χ0n) is 18.8. The van der Waals surface area contributed by atoms with Gasteiger partial charge in [-0.1, -0.05) is 29.8 Å². The number of esters is 1. The highest BCUT2D eigenvalue weighted by Gasteiger charge is 2.18. The fourth-order valence-corrected chi connectivity index (χ4v) is 3.95. The number of carbonyl (C=O) groups excluding carboxylic acids is 1. The predicted octanol–water partition coefficient (Wildman–Crippen LogP) is 5.65. The van der Waals surface area contributed by atoms with Crippen LogP contribution in [-0.2, 0) is 9.53 Å². The molecule has 1 heterocycles. The maximum Gasteiger partial charge on any atom is 0.347 e. The summed E-state index contributed by atoms with van der Waals surface area (Å²) in [7, 11) is 0. The summed E-state index contributed by atoms with van der Waals surface area (Å²) in [6, 6.07) is 10.8. The number of fused-ring (bicyclic) bond motifs is 1. The van der Waals surface area contributed by atoms with Crippen LogP contribution in [0.15, 0.2) is 55.2 Å². The molecule has 0 aliphatic rings. The summed E-state index contributed by atoms with van der Waals surface area (Å²) < 4.78 is 13.5. The summed E-state index contributed by atoms with van der Waals surface area (Å²) in [6.45, 7) is 7.74. The Balaban J connectivity index is 1.95. The molecular weight excluding hydrogens is 554 g/mol. The van der Waals surface area contributed by atoms with Crippen LogP contribution in [0.3, 0.4) is 0 Å². The third-order valence-corrected chi connectivity index (χ3v) is 6.20. The molecule has 3 rings (SSSR count). The van der Waals surface area contributed by atoms with Gasteiger partial charge in [-0.05, 0) is 78.2 Å². The molecule has 0 saturated carbocycles. The lowest BCUT2D eigenvalue weighted by Crippen LogP contribution is -2.26. The van der Waals surface area contributed by atoms with Gasteiger partial charge in [-0.2, -0.15) is 9.78 Å². The summed E-state index contributed by atoms with van der Waals surface area (Å²) >= 11 is 6.89. The molecule has 0 fully saturated rings. The Hall–Kier alpha value is -2.52. The third-order valence-electron chi connectivity index (χ3n) is 5.09.